The van der Waals surface area contributed by atoms with Gasteiger partial charge in [-0.1, -0.05) is 30.3 Å². The van der Waals surface area contributed by atoms with Gasteiger partial charge in [0, 0.05) is 32.8 Å². The van der Waals surface area contributed by atoms with E-state index in [-0.39, 0.29) is 5.41 Å². The number of nitrogens with zero attached hydrogens (tertiary/aromatic N) is 2. The normalized spacial score (nSPS) is 28.4. The van der Waals surface area contributed by atoms with E-state index >= 15 is 0 Å². The predicted molar refractivity (Wildman–Crippen MR) is 98.1 cm³/mol. The molecule has 1 aromatic rings. The van der Waals surface area contributed by atoms with Crippen LogP contribution in [-0.4, -0.2) is 55.1 Å². The van der Waals surface area contributed by atoms with Gasteiger partial charge in [-0.15, -0.1) is 0 Å². The molecule has 0 bridgehead atoms. The molecule has 4 rings (SSSR count). The topological polar surface area (TPSA) is 32.8 Å². The first-order valence-corrected chi connectivity index (χ1v) is 9.78. The van der Waals surface area contributed by atoms with E-state index in [0.717, 1.165) is 38.9 Å². The molecule has 2 aliphatic heterocycles. The fourth-order valence-corrected chi connectivity index (χ4v) is 4.89. The second kappa shape index (κ2) is 7.08. The SMILES string of the molecule is COCC1(C(=O)N2CC[C@H]3[C@H](CCCN3Cc3ccccc3)C2)CC1. The summed E-state index contributed by atoms with van der Waals surface area (Å²) in [5.74, 6) is 0.987. The van der Waals surface area contributed by atoms with Gasteiger partial charge in [0.15, 0.2) is 0 Å². The number of hydrogen-bond donors (Lipinski definition) is 0. The van der Waals surface area contributed by atoms with Gasteiger partial charge >= 0.3 is 0 Å². The van der Waals surface area contributed by atoms with Crippen molar-refractivity contribution in [2.75, 3.05) is 33.4 Å². The van der Waals surface area contributed by atoms with E-state index in [1.165, 1.54) is 24.9 Å². The molecular formula is C21H30N2O2. The summed E-state index contributed by atoms with van der Waals surface area (Å²) in [4.78, 5) is 17.8. The minimum absolute atomic E-state index is 0.181. The molecule has 2 saturated heterocycles. The van der Waals surface area contributed by atoms with Crippen molar-refractivity contribution in [3.63, 3.8) is 0 Å². The van der Waals surface area contributed by atoms with Crippen molar-refractivity contribution >= 4 is 5.91 Å². The second-order valence-electron chi connectivity index (χ2n) is 8.18. The van der Waals surface area contributed by atoms with E-state index in [9.17, 15) is 4.79 Å². The predicted octanol–water partition coefficient (Wildman–Crippen LogP) is 2.93. The molecule has 1 aromatic carbocycles. The monoisotopic (exact) mass is 342 g/mol. The van der Waals surface area contributed by atoms with Gasteiger partial charge in [-0.25, -0.2) is 0 Å². The third-order valence-electron chi connectivity index (χ3n) is 6.43. The Morgan fingerprint density at radius 3 is 2.72 bits per heavy atom. The number of ether oxygens (including phenoxy) is 1. The lowest BCUT2D eigenvalue weighted by Crippen LogP contribution is -2.56. The largest absolute Gasteiger partial charge is 0.384 e. The second-order valence-corrected chi connectivity index (χ2v) is 8.18. The molecule has 2 atom stereocenters. The van der Waals surface area contributed by atoms with Gasteiger partial charge in [0.1, 0.15) is 0 Å². The summed E-state index contributed by atoms with van der Waals surface area (Å²) in [5, 5.41) is 0. The fourth-order valence-electron chi connectivity index (χ4n) is 4.89. The van der Waals surface area contributed by atoms with Gasteiger partial charge in [0.05, 0.1) is 12.0 Å². The van der Waals surface area contributed by atoms with Gasteiger partial charge in [-0.3, -0.25) is 9.69 Å². The quantitative estimate of drug-likeness (QED) is 0.825. The van der Waals surface area contributed by atoms with Crippen molar-refractivity contribution < 1.29 is 9.53 Å². The average molecular weight is 342 g/mol. The Morgan fingerprint density at radius 1 is 1.20 bits per heavy atom. The maximum atomic E-state index is 13.0. The van der Waals surface area contributed by atoms with Gasteiger partial charge < -0.3 is 9.64 Å². The minimum Gasteiger partial charge on any atom is -0.384 e. The van der Waals surface area contributed by atoms with Gasteiger partial charge in [-0.2, -0.15) is 0 Å². The Kier molecular flexibility index (Phi) is 4.83. The molecular weight excluding hydrogens is 312 g/mol. The van der Waals surface area contributed by atoms with Crippen LogP contribution < -0.4 is 0 Å². The van der Waals surface area contributed by atoms with Gasteiger partial charge in [0.2, 0.25) is 5.91 Å². The van der Waals surface area contributed by atoms with Crippen molar-refractivity contribution in [1.82, 2.24) is 9.80 Å². The zero-order chi connectivity index (χ0) is 17.3. The van der Waals surface area contributed by atoms with Crippen LogP contribution in [0.4, 0.5) is 0 Å². The van der Waals surface area contributed by atoms with Crippen LogP contribution in [0.1, 0.15) is 37.7 Å². The molecule has 4 heteroatoms. The zero-order valence-corrected chi connectivity index (χ0v) is 15.3. The standard InChI is InChI=1S/C21H30N2O2/c1-25-16-21(10-11-21)20(24)23-13-9-19-18(15-23)8-5-12-22(19)14-17-6-3-2-4-7-17/h2-4,6-7,18-19H,5,8-16H2,1H3/t18-,19+/m1/s1. The van der Waals surface area contributed by atoms with E-state index in [0.29, 0.717) is 24.5 Å². The number of benzene rings is 1. The maximum Gasteiger partial charge on any atom is 0.231 e. The van der Waals surface area contributed by atoms with Crippen LogP contribution >= 0.6 is 0 Å². The Bertz CT molecular complexity index is 599. The van der Waals surface area contributed by atoms with Crippen molar-refractivity contribution in [3.8, 4) is 0 Å². The Balaban J connectivity index is 1.39. The number of likely N-dealkylation sites (tertiary alicyclic amines) is 2. The number of carbonyl (C=O) groups is 1. The number of methoxy groups -OCH3 is 1. The van der Waals surface area contributed by atoms with E-state index in [1.54, 1.807) is 7.11 Å². The molecule has 25 heavy (non-hydrogen) atoms. The van der Waals surface area contributed by atoms with Crippen LogP contribution in [0.2, 0.25) is 0 Å². The highest BCUT2D eigenvalue weighted by Crippen LogP contribution is 2.48. The fraction of sp³-hybridized carbons (Fsp3) is 0.667. The first kappa shape index (κ1) is 17.0. The third-order valence-corrected chi connectivity index (χ3v) is 6.43. The smallest absolute Gasteiger partial charge is 0.231 e. The number of fused-ring (bicyclic) bond motifs is 1. The van der Waals surface area contributed by atoms with Crippen molar-refractivity contribution in [1.29, 1.82) is 0 Å². The molecule has 0 aromatic heterocycles. The number of carbonyl (C=O) groups excluding carboxylic acids is 1. The van der Waals surface area contributed by atoms with Gasteiger partial charge in [-0.05, 0) is 50.1 Å². The number of amides is 1. The molecule has 1 saturated carbocycles. The molecule has 1 aliphatic carbocycles. The molecule has 0 N–H and O–H groups in total. The highest BCUT2D eigenvalue weighted by Gasteiger charge is 2.52. The van der Waals surface area contributed by atoms with Crippen molar-refractivity contribution in [2.24, 2.45) is 11.3 Å². The number of hydrogen-bond acceptors (Lipinski definition) is 3. The third kappa shape index (κ3) is 3.47. The summed E-state index contributed by atoms with van der Waals surface area (Å²) in [7, 11) is 1.71. The molecule has 3 aliphatic rings. The summed E-state index contributed by atoms with van der Waals surface area (Å²) in [6.07, 6.45) is 5.64. The first-order valence-electron chi connectivity index (χ1n) is 9.78. The van der Waals surface area contributed by atoms with Gasteiger partial charge in [0.25, 0.3) is 0 Å². The summed E-state index contributed by atoms with van der Waals surface area (Å²) < 4.78 is 5.32. The molecule has 4 nitrogen and oxygen atoms in total. The molecule has 3 fully saturated rings. The van der Waals surface area contributed by atoms with Crippen molar-refractivity contribution in [2.45, 2.75) is 44.7 Å². The molecule has 0 radical (unpaired) electrons. The van der Waals surface area contributed by atoms with E-state index in [1.807, 2.05) is 0 Å². The number of piperidine rings is 2. The highest BCUT2D eigenvalue weighted by molar-refractivity contribution is 5.85. The summed E-state index contributed by atoms with van der Waals surface area (Å²) in [6.45, 7) is 4.69. The molecule has 0 unspecified atom stereocenters. The molecule has 2 heterocycles. The average Bonchev–Trinajstić information content (AvgIpc) is 3.43. The summed E-state index contributed by atoms with van der Waals surface area (Å²) in [6, 6.07) is 11.4. The Labute approximate surface area is 151 Å². The van der Waals surface area contributed by atoms with E-state index < -0.39 is 0 Å². The Morgan fingerprint density at radius 2 is 2.00 bits per heavy atom. The lowest BCUT2D eigenvalue weighted by atomic mass is 9.83. The van der Waals surface area contributed by atoms with Crippen LogP contribution in [0.15, 0.2) is 30.3 Å². The van der Waals surface area contributed by atoms with E-state index in [4.69, 9.17) is 4.74 Å². The van der Waals surface area contributed by atoms with Crippen LogP contribution in [0, 0.1) is 11.3 Å². The van der Waals surface area contributed by atoms with Crippen LogP contribution in [0.5, 0.6) is 0 Å². The van der Waals surface area contributed by atoms with E-state index in [2.05, 4.69) is 40.1 Å². The summed E-state index contributed by atoms with van der Waals surface area (Å²) in [5.41, 5.74) is 1.22. The molecule has 1 amide bonds. The molecule has 136 valence electrons. The zero-order valence-electron chi connectivity index (χ0n) is 15.3. The molecule has 0 spiro atoms. The van der Waals surface area contributed by atoms with Crippen molar-refractivity contribution in [3.05, 3.63) is 35.9 Å². The minimum atomic E-state index is -0.181. The highest BCUT2D eigenvalue weighted by atomic mass is 16.5. The van der Waals surface area contributed by atoms with Crippen LogP contribution in [-0.2, 0) is 16.1 Å². The first-order chi connectivity index (χ1) is 12.2. The number of rotatable bonds is 5. The van der Waals surface area contributed by atoms with Crippen LogP contribution in [0.3, 0.4) is 0 Å². The lowest BCUT2D eigenvalue weighted by Gasteiger charge is -2.48. The summed E-state index contributed by atoms with van der Waals surface area (Å²) >= 11 is 0. The lowest BCUT2D eigenvalue weighted by molar-refractivity contribution is -0.142. The maximum absolute atomic E-state index is 13.0. The van der Waals surface area contributed by atoms with Crippen LogP contribution in [0.25, 0.3) is 0 Å². The Hall–Kier alpha value is -1.39.